The SMILES string of the molecule is O=C1C2=C(CN1c1ccc(-n3c4ccccc4c4ccccc43)cc1)C1=CC=CCN1C2c1ccccc1. The number of benzene rings is 4. The van der Waals surface area contributed by atoms with Gasteiger partial charge in [-0.3, -0.25) is 4.79 Å². The molecule has 1 atom stereocenters. The van der Waals surface area contributed by atoms with E-state index in [0.717, 1.165) is 34.6 Å². The Balaban J connectivity index is 1.18. The Bertz CT molecular complexity index is 1790. The molecule has 0 radical (unpaired) electrons. The van der Waals surface area contributed by atoms with Crippen molar-refractivity contribution in [3.63, 3.8) is 0 Å². The fraction of sp³-hybridized carbons (Fsp3) is 0.0882. The van der Waals surface area contributed by atoms with Crippen LogP contribution in [0.4, 0.5) is 5.69 Å². The summed E-state index contributed by atoms with van der Waals surface area (Å²) >= 11 is 0. The van der Waals surface area contributed by atoms with Gasteiger partial charge in [0.05, 0.1) is 29.2 Å². The van der Waals surface area contributed by atoms with Crippen molar-refractivity contribution in [2.75, 3.05) is 18.0 Å². The molecule has 1 amide bonds. The number of aromatic nitrogens is 1. The second-order valence-electron chi connectivity index (χ2n) is 10.1. The predicted octanol–water partition coefficient (Wildman–Crippen LogP) is 6.94. The summed E-state index contributed by atoms with van der Waals surface area (Å²) in [5.41, 5.74) is 8.79. The lowest BCUT2D eigenvalue weighted by Gasteiger charge is -2.33. The zero-order valence-corrected chi connectivity index (χ0v) is 20.8. The number of para-hydroxylation sites is 2. The van der Waals surface area contributed by atoms with E-state index in [9.17, 15) is 4.79 Å². The summed E-state index contributed by atoms with van der Waals surface area (Å²) in [7, 11) is 0. The van der Waals surface area contributed by atoms with Gasteiger partial charge in [0, 0.05) is 40.0 Å². The third-order valence-corrected chi connectivity index (χ3v) is 8.13. The maximum absolute atomic E-state index is 14.0. The molecule has 1 aromatic heterocycles. The molecule has 38 heavy (non-hydrogen) atoms. The summed E-state index contributed by atoms with van der Waals surface area (Å²) in [6.07, 6.45) is 6.43. The third kappa shape index (κ3) is 2.94. The van der Waals surface area contributed by atoms with Crippen LogP contribution in [0.2, 0.25) is 0 Å². The molecule has 0 saturated heterocycles. The molecule has 1 unspecified atom stereocenters. The highest BCUT2D eigenvalue weighted by molar-refractivity contribution is 6.12. The van der Waals surface area contributed by atoms with Crippen LogP contribution in [0.15, 0.2) is 138 Å². The van der Waals surface area contributed by atoms with Crippen molar-refractivity contribution in [1.29, 1.82) is 0 Å². The molecule has 3 aliphatic heterocycles. The number of fused-ring (bicyclic) bond motifs is 5. The minimum atomic E-state index is -0.0447. The lowest BCUT2D eigenvalue weighted by molar-refractivity contribution is -0.115. The van der Waals surface area contributed by atoms with E-state index in [2.05, 4.69) is 125 Å². The zero-order chi connectivity index (χ0) is 25.2. The van der Waals surface area contributed by atoms with Gasteiger partial charge >= 0.3 is 0 Å². The first-order chi connectivity index (χ1) is 18.8. The fourth-order valence-corrected chi connectivity index (χ4v) is 6.47. The molecule has 4 heterocycles. The topological polar surface area (TPSA) is 28.5 Å². The highest BCUT2D eigenvalue weighted by atomic mass is 16.2. The van der Waals surface area contributed by atoms with Gasteiger partial charge in [0.1, 0.15) is 0 Å². The number of carbonyl (C=O) groups excluding carboxylic acids is 1. The van der Waals surface area contributed by atoms with E-state index < -0.39 is 0 Å². The average molecular weight is 492 g/mol. The van der Waals surface area contributed by atoms with Crippen LogP contribution in [0.3, 0.4) is 0 Å². The van der Waals surface area contributed by atoms with E-state index >= 15 is 0 Å². The average Bonchev–Trinajstić information content (AvgIpc) is 3.61. The lowest BCUT2D eigenvalue weighted by atomic mass is 9.98. The molecule has 8 rings (SSSR count). The molecular weight excluding hydrogens is 466 g/mol. The van der Waals surface area contributed by atoms with Gasteiger partial charge in [-0.1, -0.05) is 78.9 Å². The van der Waals surface area contributed by atoms with E-state index in [4.69, 9.17) is 0 Å². The second-order valence-corrected chi connectivity index (χ2v) is 10.1. The Morgan fingerprint density at radius 3 is 2.03 bits per heavy atom. The van der Waals surface area contributed by atoms with Crippen LogP contribution in [0.25, 0.3) is 27.5 Å². The molecule has 0 saturated carbocycles. The summed E-state index contributed by atoms with van der Waals surface area (Å²) in [5, 5.41) is 2.49. The van der Waals surface area contributed by atoms with Gasteiger partial charge in [-0.15, -0.1) is 0 Å². The number of allylic oxidation sites excluding steroid dienone is 2. The van der Waals surface area contributed by atoms with Gasteiger partial charge in [-0.05, 0) is 48.0 Å². The first-order valence-electron chi connectivity index (χ1n) is 13.1. The van der Waals surface area contributed by atoms with Crippen molar-refractivity contribution in [3.05, 3.63) is 144 Å². The summed E-state index contributed by atoms with van der Waals surface area (Å²) < 4.78 is 2.31. The zero-order valence-electron chi connectivity index (χ0n) is 20.8. The monoisotopic (exact) mass is 491 g/mol. The molecule has 0 bridgehead atoms. The van der Waals surface area contributed by atoms with Crippen molar-refractivity contribution in [2.24, 2.45) is 0 Å². The molecule has 3 aliphatic rings. The van der Waals surface area contributed by atoms with Crippen LogP contribution in [-0.4, -0.2) is 28.5 Å². The molecule has 0 spiro atoms. The Morgan fingerprint density at radius 2 is 1.32 bits per heavy atom. The molecular formula is C34H25N3O. The van der Waals surface area contributed by atoms with Crippen molar-refractivity contribution in [1.82, 2.24) is 9.47 Å². The van der Waals surface area contributed by atoms with Gasteiger partial charge < -0.3 is 14.4 Å². The van der Waals surface area contributed by atoms with Crippen LogP contribution < -0.4 is 4.90 Å². The molecule has 0 fully saturated rings. The van der Waals surface area contributed by atoms with Crippen LogP contribution in [-0.2, 0) is 4.79 Å². The smallest absolute Gasteiger partial charge is 0.257 e. The van der Waals surface area contributed by atoms with Crippen LogP contribution in [0.1, 0.15) is 11.6 Å². The molecule has 182 valence electrons. The summed E-state index contributed by atoms with van der Waals surface area (Å²) in [6, 6.07) is 35.9. The predicted molar refractivity (Wildman–Crippen MR) is 153 cm³/mol. The number of nitrogens with zero attached hydrogens (tertiary/aromatic N) is 3. The number of hydrogen-bond donors (Lipinski definition) is 0. The maximum Gasteiger partial charge on any atom is 0.257 e. The quantitative estimate of drug-likeness (QED) is 0.274. The van der Waals surface area contributed by atoms with Gasteiger partial charge in [-0.25, -0.2) is 0 Å². The van der Waals surface area contributed by atoms with Crippen molar-refractivity contribution in [3.8, 4) is 5.69 Å². The molecule has 4 heteroatoms. The Kier molecular flexibility index (Phi) is 4.53. The van der Waals surface area contributed by atoms with E-state index in [0.29, 0.717) is 6.54 Å². The molecule has 0 N–H and O–H groups in total. The van der Waals surface area contributed by atoms with Gasteiger partial charge in [0.2, 0.25) is 0 Å². The maximum atomic E-state index is 14.0. The van der Waals surface area contributed by atoms with Crippen molar-refractivity contribution < 1.29 is 4.79 Å². The highest BCUT2D eigenvalue weighted by Gasteiger charge is 2.46. The molecule has 4 nitrogen and oxygen atoms in total. The number of hydrogen-bond acceptors (Lipinski definition) is 2. The molecule has 4 aromatic carbocycles. The van der Waals surface area contributed by atoms with E-state index in [1.165, 1.54) is 27.5 Å². The Hall–Kier alpha value is -4.83. The van der Waals surface area contributed by atoms with Gasteiger partial charge in [-0.2, -0.15) is 0 Å². The largest absolute Gasteiger partial charge is 0.356 e. The van der Waals surface area contributed by atoms with E-state index in [1.807, 2.05) is 11.0 Å². The lowest BCUT2D eigenvalue weighted by Crippen LogP contribution is -2.35. The highest BCUT2D eigenvalue weighted by Crippen LogP contribution is 2.48. The molecule has 0 aliphatic carbocycles. The second kappa shape index (κ2) is 8.09. The third-order valence-electron chi connectivity index (χ3n) is 8.13. The first kappa shape index (κ1) is 21.3. The number of rotatable bonds is 3. The molecule has 5 aromatic rings. The normalized spacial score (nSPS) is 18.5. The van der Waals surface area contributed by atoms with Gasteiger partial charge in [0.25, 0.3) is 5.91 Å². The Morgan fingerprint density at radius 1 is 0.684 bits per heavy atom. The first-order valence-corrected chi connectivity index (χ1v) is 13.1. The van der Waals surface area contributed by atoms with E-state index in [1.54, 1.807) is 0 Å². The Labute approximate surface area is 221 Å². The van der Waals surface area contributed by atoms with Crippen LogP contribution in [0.5, 0.6) is 0 Å². The van der Waals surface area contributed by atoms with Gasteiger partial charge in [0.15, 0.2) is 0 Å². The summed E-state index contributed by atoms with van der Waals surface area (Å²) in [4.78, 5) is 18.3. The van der Waals surface area contributed by atoms with E-state index in [-0.39, 0.29) is 11.9 Å². The number of anilines is 1. The van der Waals surface area contributed by atoms with Crippen LogP contribution >= 0.6 is 0 Å². The standard InChI is InChI=1S/C34H25N3O/c38-34-32-28(29-14-8-9-21-35(29)33(32)23-10-2-1-3-11-23)22-36(34)24-17-19-25(20-18-24)37-30-15-6-4-12-26(30)27-13-5-7-16-31(27)37/h1-20,33H,21-22H2. The minimum absolute atomic E-state index is 0.0447. The minimum Gasteiger partial charge on any atom is -0.356 e. The van der Waals surface area contributed by atoms with Crippen molar-refractivity contribution >= 4 is 33.4 Å². The van der Waals surface area contributed by atoms with Crippen LogP contribution in [0, 0.1) is 0 Å². The summed E-state index contributed by atoms with van der Waals surface area (Å²) in [6.45, 7) is 1.42. The van der Waals surface area contributed by atoms with Crippen molar-refractivity contribution in [2.45, 2.75) is 6.04 Å². The number of amides is 1. The fourth-order valence-electron chi connectivity index (χ4n) is 6.47. The number of carbonyl (C=O) groups is 1. The summed E-state index contributed by atoms with van der Waals surface area (Å²) in [5.74, 6) is 0.105.